The molecule has 1 aromatic carbocycles. The fraction of sp³-hybridized carbons (Fsp3) is 0.364. The SMILES string of the molecule is CCS(=O)(=O)N(CC(=O)OC)c1ccc(F)cc1F. The van der Waals surface area contributed by atoms with Crippen molar-refractivity contribution in [2.24, 2.45) is 0 Å². The lowest BCUT2D eigenvalue weighted by Gasteiger charge is -2.22. The van der Waals surface area contributed by atoms with E-state index in [0.29, 0.717) is 10.4 Å². The van der Waals surface area contributed by atoms with Gasteiger partial charge < -0.3 is 4.74 Å². The zero-order valence-electron chi connectivity index (χ0n) is 10.4. The highest BCUT2D eigenvalue weighted by Crippen LogP contribution is 2.23. The molecule has 106 valence electrons. The van der Waals surface area contributed by atoms with Crippen LogP contribution in [-0.2, 0) is 19.6 Å². The van der Waals surface area contributed by atoms with Crippen molar-refractivity contribution >= 4 is 21.7 Å². The summed E-state index contributed by atoms with van der Waals surface area (Å²) in [5.41, 5.74) is -0.395. The van der Waals surface area contributed by atoms with Gasteiger partial charge in [0, 0.05) is 6.07 Å². The van der Waals surface area contributed by atoms with Gasteiger partial charge in [-0.15, -0.1) is 0 Å². The molecule has 0 heterocycles. The highest BCUT2D eigenvalue weighted by atomic mass is 32.2. The van der Waals surface area contributed by atoms with Gasteiger partial charge in [-0.2, -0.15) is 0 Å². The Morgan fingerprint density at radius 2 is 2.00 bits per heavy atom. The Bertz CT molecular complexity index is 574. The van der Waals surface area contributed by atoms with Crippen molar-refractivity contribution < 1.29 is 26.7 Å². The first-order valence-corrected chi connectivity index (χ1v) is 6.95. The van der Waals surface area contributed by atoms with Crippen molar-refractivity contribution in [3.05, 3.63) is 29.8 Å². The van der Waals surface area contributed by atoms with E-state index in [-0.39, 0.29) is 5.75 Å². The van der Waals surface area contributed by atoms with E-state index in [4.69, 9.17) is 0 Å². The Kier molecular flexibility index (Phi) is 4.82. The zero-order valence-corrected chi connectivity index (χ0v) is 11.2. The van der Waals surface area contributed by atoms with E-state index in [9.17, 15) is 22.0 Å². The summed E-state index contributed by atoms with van der Waals surface area (Å²) in [7, 11) is -2.80. The summed E-state index contributed by atoms with van der Waals surface area (Å²) in [4.78, 5) is 11.2. The Morgan fingerprint density at radius 3 is 2.47 bits per heavy atom. The van der Waals surface area contributed by atoms with Gasteiger partial charge in [0.2, 0.25) is 10.0 Å². The van der Waals surface area contributed by atoms with Gasteiger partial charge >= 0.3 is 5.97 Å². The molecule has 19 heavy (non-hydrogen) atoms. The molecule has 1 aromatic rings. The molecule has 0 bridgehead atoms. The number of nitrogens with zero attached hydrogens (tertiary/aromatic N) is 1. The van der Waals surface area contributed by atoms with E-state index in [2.05, 4.69) is 4.74 Å². The fourth-order valence-corrected chi connectivity index (χ4v) is 2.42. The number of rotatable bonds is 5. The Balaban J connectivity index is 3.27. The van der Waals surface area contributed by atoms with Crippen LogP contribution in [0.25, 0.3) is 0 Å². The molecule has 0 fully saturated rings. The second-order valence-electron chi connectivity index (χ2n) is 3.58. The van der Waals surface area contributed by atoms with Crippen LogP contribution in [0.2, 0.25) is 0 Å². The van der Waals surface area contributed by atoms with Crippen LogP contribution in [0.3, 0.4) is 0 Å². The molecule has 0 aliphatic heterocycles. The smallest absolute Gasteiger partial charge is 0.326 e. The topological polar surface area (TPSA) is 63.7 Å². The maximum absolute atomic E-state index is 13.6. The van der Waals surface area contributed by atoms with Crippen molar-refractivity contribution in [2.45, 2.75) is 6.92 Å². The van der Waals surface area contributed by atoms with Crippen LogP contribution in [0.5, 0.6) is 0 Å². The third-order valence-electron chi connectivity index (χ3n) is 2.38. The minimum atomic E-state index is -3.88. The number of hydrogen-bond acceptors (Lipinski definition) is 4. The maximum Gasteiger partial charge on any atom is 0.326 e. The Hall–Kier alpha value is -1.70. The third-order valence-corrected chi connectivity index (χ3v) is 4.11. The van der Waals surface area contributed by atoms with Gasteiger partial charge in [-0.3, -0.25) is 9.10 Å². The first kappa shape index (κ1) is 15.4. The molecule has 0 unspecified atom stereocenters. The van der Waals surface area contributed by atoms with Crippen molar-refractivity contribution in [1.82, 2.24) is 0 Å². The lowest BCUT2D eigenvalue weighted by molar-refractivity contribution is -0.138. The summed E-state index contributed by atoms with van der Waals surface area (Å²) < 4.78 is 55.1. The number of methoxy groups -OCH3 is 1. The predicted octanol–water partition coefficient (Wildman–Crippen LogP) is 1.29. The number of hydrogen-bond donors (Lipinski definition) is 0. The number of halogens is 2. The largest absolute Gasteiger partial charge is 0.468 e. The molecule has 0 radical (unpaired) electrons. The summed E-state index contributed by atoms with van der Waals surface area (Å²) >= 11 is 0. The average Bonchev–Trinajstić information content (AvgIpc) is 2.36. The number of esters is 1. The van der Waals surface area contributed by atoms with Crippen molar-refractivity contribution in [1.29, 1.82) is 0 Å². The lowest BCUT2D eigenvalue weighted by Crippen LogP contribution is -2.37. The number of sulfonamides is 1. The van der Waals surface area contributed by atoms with Crippen LogP contribution >= 0.6 is 0 Å². The predicted molar refractivity (Wildman–Crippen MR) is 65.2 cm³/mol. The molecule has 0 atom stereocenters. The summed E-state index contributed by atoms with van der Waals surface area (Å²) in [6, 6.07) is 2.42. The van der Waals surface area contributed by atoms with Crippen LogP contribution in [0, 0.1) is 11.6 Å². The van der Waals surface area contributed by atoms with Crippen LogP contribution in [0.1, 0.15) is 6.92 Å². The van der Waals surface area contributed by atoms with Gasteiger partial charge in [-0.1, -0.05) is 0 Å². The van der Waals surface area contributed by atoms with Crippen molar-refractivity contribution in [3.63, 3.8) is 0 Å². The minimum Gasteiger partial charge on any atom is -0.468 e. The van der Waals surface area contributed by atoms with Gasteiger partial charge in [-0.05, 0) is 19.1 Å². The van der Waals surface area contributed by atoms with E-state index in [1.165, 1.54) is 6.92 Å². The van der Waals surface area contributed by atoms with Crippen LogP contribution in [0.15, 0.2) is 18.2 Å². The molecule has 0 aliphatic carbocycles. The molecule has 0 N–H and O–H groups in total. The molecule has 0 amide bonds. The van der Waals surface area contributed by atoms with E-state index < -0.39 is 39.9 Å². The molecule has 5 nitrogen and oxygen atoms in total. The highest BCUT2D eigenvalue weighted by Gasteiger charge is 2.26. The Morgan fingerprint density at radius 1 is 1.37 bits per heavy atom. The van der Waals surface area contributed by atoms with E-state index in [1.807, 2.05) is 0 Å². The summed E-state index contributed by atoms with van der Waals surface area (Å²) in [5, 5.41) is 0. The highest BCUT2D eigenvalue weighted by molar-refractivity contribution is 7.92. The molecule has 1 rings (SSSR count). The summed E-state index contributed by atoms with van der Waals surface area (Å²) in [6.07, 6.45) is 0. The number of ether oxygens (including phenoxy) is 1. The molecule has 0 spiro atoms. The molecule has 0 aliphatic rings. The normalized spacial score (nSPS) is 11.2. The molecular weight excluding hydrogens is 280 g/mol. The first-order valence-electron chi connectivity index (χ1n) is 5.34. The second-order valence-corrected chi connectivity index (χ2v) is 5.76. The fourth-order valence-electron chi connectivity index (χ4n) is 1.35. The summed E-state index contributed by atoms with van der Waals surface area (Å²) in [6.45, 7) is 0.677. The quantitative estimate of drug-likeness (QED) is 0.768. The van der Waals surface area contributed by atoms with Crippen LogP contribution < -0.4 is 4.31 Å². The molecular formula is C11H13F2NO4S. The van der Waals surface area contributed by atoms with Gasteiger partial charge in [0.05, 0.1) is 18.6 Å². The third kappa shape index (κ3) is 3.63. The van der Waals surface area contributed by atoms with Crippen LogP contribution in [0.4, 0.5) is 14.5 Å². The Labute approximate surface area is 109 Å². The second kappa shape index (κ2) is 5.96. The maximum atomic E-state index is 13.6. The minimum absolute atomic E-state index is 0.333. The van der Waals surface area contributed by atoms with E-state index in [0.717, 1.165) is 19.2 Å². The summed E-state index contributed by atoms with van der Waals surface area (Å²) in [5.74, 6) is -3.09. The molecule has 0 saturated heterocycles. The monoisotopic (exact) mass is 293 g/mol. The standard InChI is InChI=1S/C11H13F2NO4S/c1-3-19(16,17)14(7-11(15)18-2)10-5-4-8(12)6-9(10)13/h4-6H,3,7H2,1-2H3. The van der Waals surface area contributed by atoms with Crippen molar-refractivity contribution in [2.75, 3.05) is 23.7 Å². The average molecular weight is 293 g/mol. The molecule has 0 aromatic heterocycles. The van der Waals surface area contributed by atoms with E-state index in [1.54, 1.807) is 0 Å². The van der Waals surface area contributed by atoms with E-state index >= 15 is 0 Å². The lowest BCUT2D eigenvalue weighted by atomic mass is 10.3. The number of benzene rings is 1. The van der Waals surface area contributed by atoms with Gasteiger partial charge in [0.15, 0.2) is 0 Å². The van der Waals surface area contributed by atoms with Gasteiger partial charge in [0.1, 0.15) is 18.2 Å². The van der Waals surface area contributed by atoms with Gasteiger partial charge in [-0.25, -0.2) is 17.2 Å². The zero-order chi connectivity index (χ0) is 14.6. The number of anilines is 1. The molecule has 8 heteroatoms. The van der Waals surface area contributed by atoms with Crippen molar-refractivity contribution in [3.8, 4) is 0 Å². The van der Waals surface area contributed by atoms with Gasteiger partial charge in [0.25, 0.3) is 0 Å². The van der Waals surface area contributed by atoms with Crippen LogP contribution in [-0.4, -0.2) is 33.8 Å². The molecule has 0 saturated carbocycles. The number of carbonyl (C=O) groups is 1. The number of carbonyl (C=O) groups excluding carboxylic acids is 1. The first-order chi connectivity index (χ1) is 8.81.